The van der Waals surface area contributed by atoms with Crippen molar-refractivity contribution in [2.75, 3.05) is 17.3 Å². The van der Waals surface area contributed by atoms with Crippen LogP contribution in [0.5, 0.6) is 0 Å². The van der Waals surface area contributed by atoms with Crippen molar-refractivity contribution in [3.8, 4) is 6.19 Å². The van der Waals surface area contributed by atoms with Gasteiger partial charge >= 0.3 is 0 Å². The zero-order chi connectivity index (χ0) is 11.5. The first kappa shape index (κ1) is 10.7. The molecule has 84 valence electrons. The third kappa shape index (κ3) is 2.06. The summed E-state index contributed by atoms with van der Waals surface area (Å²) in [4.78, 5) is 10.7. The highest BCUT2D eigenvalue weighted by atomic mass is 15.2. The van der Waals surface area contributed by atoms with Gasteiger partial charge in [0.15, 0.2) is 6.19 Å². The lowest BCUT2D eigenvalue weighted by Crippen LogP contribution is -2.37. The smallest absolute Gasteiger partial charge is 0.182 e. The van der Waals surface area contributed by atoms with E-state index in [1.165, 1.54) is 19.3 Å². The number of nitrogens with zero attached hydrogens (tertiary/aromatic N) is 4. The number of aryl methyl sites for hydroxylation is 1. The Morgan fingerprint density at radius 3 is 2.81 bits per heavy atom. The van der Waals surface area contributed by atoms with Crippen molar-refractivity contribution in [2.24, 2.45) is 0 Å². The second-order valence-electron chi connectivity index (χ2n) is 4.09. The second kappa shape index (κ2) is 4.35. The zero-order valence-electron chi connectivity index (χ0n) is 9.56. The monoisotopic (exact) mass is 217 g/mol. The van der Waals surface area contributed by atoms with Crippen LogP contribution in [-0.2, 0) is 0 Å². The topological polar surface area (TPSA) is 64.8 Å². The number of hydrogen-bond donors (Lipinski definition) is 1. The maximum atomic E-state index is 8.57. The van der Waals surface area contributed by atoms with Crippen LogP contribution in [0.3, 0.4) is 0 Å². The summed E-state index contributed by atoms with van der Waals surface area (Å²) < 4.78 is 0. The maximum absolute atomic E-state index is 8.57. The van der Waals surface area contributed by atoms with Crippen molar-refractivity contribution >= 4 is 11.6 Å². The molecule has 2 rings (SSSR count). The molecule has 16 heavy (non-hydrogen) atoms. The van der Waals surface area contributed by atoms with Gasteiger partial charge in [-0.25, -0.2) is 9.97 Å². The number of anilines is 2. The van der Waals surface area contributed by atoms with E-state index in [4.69, 9.17) is 5.26 Å². The third-order valence-electron chi connectivity index (χ3n) is 2.99. The molecule has 0 atom stereocenters. The Bertz CT molecular complexity index is 419. The van der Waals surface area contributed by atoms with E-state index < -0.39 is 0 Å². The number of nitrogens with one attached hydrogen (secondary N) is 1. The molecule has 0 radical (unpaired) electrons. The molecule has 0 unspecified atom stereocenters. The lowest BCUT2D eigenvalue weighted by molar-refractivity contribution is 0.399. The van der Waals surface area contributed by atoms with Gasteiger partial charge in [-0.2, -0.15) is 5.26 Å². The summed E-state index contributed by atoms with van der Waals surface area (Å²) in [5, 5.41) is 11.1. The Balaban J connectivity index is 2.22. The highest BCUT2D eigenvalue weighted by Crippen LogP contribution is 2.27. The Hall–Kier alpha value is -1.83. The highest BCUT2D eigenvalue weighted by molar-refractivity contribution is 5.51. The predicted octanol–water partition coefficient (Wildman–Crippen LogP) is 1.67. The molecule has 0 aliphatic heterocycles. The van der Waals surface area contributed by atoms with Crippen LogP contribution in [0.15, 0.2) is 6.07 Å². The normalized spacial score (nSPS) is 15.1. The molecule has 1 fully saturated rings. The van der Waals surface area contributed by atoms with Gasteiger partial charge < -0.3 is 4.90 Å². The average molecular weight is 217 g/mol. The van der Waals surface area contributed by atoms with Crippen molar-refractivity contribution in [1.29, 1.82) is 5.26 Å². The van der Waals surface area contributed by atoms with Crippen LogP contribution >= 0.6 is 0 Å². The predicted molar refractivity (Wildman–Crippen MR) is 62.0 cm³/mol. The molecule has 1 aliphatic rings. The van der Waals surface area contributed by atoms with Gasteiger partial charge in [0.05, 0.1) is 0 Å². The van der Waals surface area contributed by atoms with E-state index in [2.05, 4.69) is 20.2 Å². The molecule has 5 heteroatoms. The minimum Gasteiger partial charge on any atom is -0.357 e. The number of nitriles is 1. The van der Waals surface area contributed by atoms with Crippen LogP contribution < -0.4 is 10.2 Å². The van der Waals surface area contributed by atoms with Gasteiger partial charge in [0.2, 0.25) is 0 Å². The van der Waals surface area contributed by atoms with Gasteiger partial charge in [0.25, 0.3) is 0 Å². The second-order valence-corrected chi connectivity index (χ2v) is 4.09. The summed E-state index contributed by atoms with van der Waals surface area (Å²) in [6.07, 6.45) is 5.62. The lowest BCUT2D eigenvalue weighted by atomic mass is 9.92. The van der Waals surface area contributed by atoms with E-state index in [0.717, 1.165) is 5.82 Å². The Morgan fingerprint density at radius 1 is 1.50 bits per heavy atom. The summed E-state index contributed by atoms with van der Waals surface area (Å²) in [6, 6.07) is 2.40. The summed E-state index contributed by atoms with van der Waals surface area (Å²) >= 11 is 0. The molecule has 5 nitrogen and oxygen atoms in total. The van der Waals surface area contributed by atoms with Crippen LogP contribution in [0.25, 0.3) is 0 Å². The minimum absolute atomic E-state index is 0.566. The van der Waals surface area contributed by atoms with E-state index >= 15 is 0 Å². The molecule has 1 aromatic heterocycles. The molecule has 1 N–H and O–H groups in total. The van der Waals surface area contributed by atoms with Gasteiger partial charge in [-0.05, 0) is 26.2 Å². The quantitative estimate of drug-likeness (QED) is 0.616. The first-order valence-electron chi connectivity index (χ1n) is 5.44. The van der Waals surface area contributed by atoms with Crippen molar-refractivity contribution in [3.05, 3.63) is 11.9 Å². The Morgan fingerprint density at radius 2 is 2.25 bits per heavy atom. The van der Waals surface area contributed by atoms with Gasteiger partial charge in [-0.1, -0.05) is 0 Å². The minimum atomic E-state index is 0.566. The molecule has 0 aromatic carbocycles. The highest BCUT2D eigenvalue weighted by Gasteiger charge is 2.23. The summed E-state index contributed by atoms with van der Waals surface area (Å²) in [7, 11) is 2.04. The number of hydrogen-bond acceptors (Lipinski definition) is 5. The molecule has 0 amide bonds. The zero-order valence-corrected chi connectivity index (χ0v) is 9.56. The molecule has 0 bridgehead atoms. The number of aromatic nitrogens is 2. The first-order valence-corrected chi connectivity index (χ1v) is 5.44. The van der Waals surface area contributed by atoms with Crippen LogP contribution in [0.4, 0.5) is 11.6 Å². The number of rotatable bonds is 3. The van der Waals surface area contributed by atoms with Gasteiger partial charge in [0, 0.05) is 19.2 Å². The largest absolute Gasteiger partial charge is 0.357 e. The fourth-order valence-electron chi connectivity index (χ4n) is 1.81. The van der Waals surface area contributed by atoms with Gasteiger partial charge in [0.1, 0.15) is 17.5 Å². The standard InChI is InChI=1S/C11H15N5/c1-8-14-10(13-7-12)6-11(15-8)16(2)9-4-3-5-9/h6,9H,3-5H2,1-2H3,(H,13,14,15). The Labute approximate surface area is 95.1 Å². The van der Waals surface area contributed by atoms with E-state index in [1.54, 1.807) is 0 Å². The Kier molecular flexibility index (Phi) is 2.91. The average Bonchev–Trinajstić information content (AvgIpc) is 2.14. The summed E-state index contributed by atoms with van der Waals surface area (Å²) in [5.74, 6) is 2.13. The lowest BCUT2D eigenvalue weighted by Gasteiger charge is -2.35. The fraction of sp³-hybridized carbons (Fsp3) is 0.545. The first-order chi connectivity index (χ1) is 7.70. The van der Waals surface area contributed by atoms with Crippen molar-refractivity contribution in [3.63, 3.8) is 0 Å². The van der Waals surface area contributed by atoms with Gasteiger partial charge in [-0.3, -0.25) is 5.32 Å². The van der Waals surface area contributed by atoms with Crippen LogP contribution in [0, 0.1) is 18.4 Å². The molecule has 1 aliphatic carbocycles. The molecular formula is C11H15N5. The summed E-state index contributed by atoms with van der Waals surface area (Å²) in [5.41, 5.74) is 0. The van der Waals surface area contributed by atoms with E-state index in [0.29, 0.717) is 17.7 Å². The fourth-order valence-corrected chi connectivity index (χ4v) is 1.81. The molecule has 1 saturated carbocycles. The van der Waals surface area contributed by atoms with E-state index in [-0.39, 0.29) is 0 Å². The van der Waals surface area contributed by atoms with Crippen LogP contribution in [0.2, 0.25) is 0 Å². The summed E-state index contributed by atoms with van der Waals surface area (Å²) in [6.45, 7) is 1.83. The molecule has 1 aromatic rings. The van der Waals surface area contributed by atoms with Crippen molar-refractivity contribution in [1.82, 2.24) is 9.97 Å². The third-order valence-corrected chi connectivity index (χ3v) is 2.99. The van der Waals surface area contributed by atoms with Gasteiger partial charge in [-0.15, -0.1) is 0 Å². The maximum Gasteiger partial charge on any atom is 0.182 e. The van der Waals surface area contributed by atoms with Crippen molar-refractivity contribution in [2.45, 2.75) is 32.2 Å². The van der Waals surface area contributed by atoms with Crippen molar-refractivity contribution < 1.29 is 0 Å². The molecule has 0 saturated heterocycles. The van der Waals surface area contributed by atoms with Crippen LogP contribution in [0.1, 0.15) is 25.1 Å². The van der Waals surface area contributed by atoms with Crippen LogP contribution in [-0.4, -0.2) is 23.1 Å². The van der Waals surface area contributed by atoms with E-state index in [1.807, 2.05) is 26.2 Å². The van der Waals surface area contributed by atoms with E-state index in [9.17, 15) is 0 Å². The molecular weight excluding hydrogens is 202 g/mol. The molecule has 1 heterocycles. The molecule has 0 spiro atoms. The SMILES string of the molecule is Cc1nc(NC#N)cc(N(C)C2CCC2)n1.